The van der Waals surface area contributed by atoms with Crippen molar-refractivity contribution in [2.75, 3.05) is 6.54 Å². The van der Waals surface area contributed by atoms with Crippen LogP contribution in [0.4, 0.5) is 4.79 Å². The van der Waals surface area contributed by atoms with Crippen molar-refractivity contribution in [2.45, 2.75) is 25.3 Å². The molecule has 0 bridgehead atoms. The van der Waals surface area contributed by atoms with Gasteiger partial charge in [0.25, 0.3) is 0 Å². The Hall–Kier alpha value is -1.34. The third-order valence-corrected chi connectivity index (χ3v) is 1.39. The van der Waals surface area contributed by atoms with Crippen molar-refractivity contribution in [3.8, 4) is 0 Å². The number of rotatable bonds is 4. The standard InChI is InChI=1S/C6H14N2O2.CH2O3/c1-6(8,5(9)10)3-2-4-7;2-1(3)4/h2-4,7-8H2,1H3,(H,9,10);(H2,2,3,4)/t6-;/m0./s1. The van der Waals surface area contributed by atoms with Crippen LogP contribution in [0.1, 0.15) is 19.8 Å². The van der Waals surface area contributed by atoms with Gasteiger partial charge < -0.3 is 26.8 Å². The number of aliphatic carboxylic acids is 1. The first-order valence-electron chi connectivity index (χ1n) is 3.88. The molecule has 0 aliphatic rings. The van der Waals surface area contributed by atoms with Crippen molar-refractivity contribution in [2.24, 2.45) is 11.5 Å². The van der Waals surface area contributed by atoms with E-state index < -0.39 is 17.7 Å². The number of carboxylic acids is 1. The highest BCUT2D eigenvalue weighted by atomic mass is 16.6. The highest BCUT2D eigenvalue weighted by molar-refractivity contribution is 5.77. The molecule has 7 heteroatoms. The fourth-order valence-electron chi connectivity index (χ4n) is 0.576. The van der Waals surface area contributed by atoms with E-state index in [1.54, 1.807) is 0 Å². The van der Waals surface area contributed by atoms with E-state index in [2.05, 4.69) is 0 Å². The molecule has 7 N–H and O–H groups in total. The fraction of sp³-hybridized carbons (Fsp3) is 0.714. The van der Waals surface area contributed by atoms with Crippen LogP contribution in [-0.4, -0.2) is 39.5 Å². The van der Waals surface area contributed by atoms with Crippen LogP contribution in [0.15, 0.2) is 0 Å². The van der Waals surface area contributed by atoms with E-state index in [1.807, 2.05) is 0 Å². The largest absolute Gasteiger partial charge is 0.503 e. The van der Waals surface area contributed by atoms with Gasteiger partial charge in [-0.05, 0) is 26.3 Å². The number of nitrogens with two attached hydrogens (primary N) is 2. The summed E-state index contributed by atoms with van der Waals surface area (Å²) >= 11 is 0. The summed E-state index contributed by atoms with van der Waals surface area (Å²) in [4.78, 5) is 18.9. The Labute approximate surface area is 81.3 Å². The Balaban J connectivity index is 0. The molecule has 1 atom stereocenters. The minimum Gasteiger partial charge on any atom is -0.480 e. The lowest BCUT2D eigenvalue weighted by atomic mass is 9.98. The van der Waals surface area contributed by atoms with Gasteiger partial charge in [0.15, 0.2) is 0 Å². The molecule has 0 radical (unpaired) electrons. The Morgan fingerprint density at radius 1 is 1.29 bits per heavy atom. The van der Waals surface area contributed by atoms with Crippen LogP contribution < -0.4 is 11.5 Å². The lowest BCUT2D eigenvalue weighted by Crippen LogP contribution is -2.45. The van der Waals surface area contributed by atoms with Gasteiger partial charge in [0, 0.05) is 0 Å². The van der Waals surface area contributed by atoms with Crippen LogP contribution in [0.3, 0.4) is 0 Å². The van der Waals surface area contributed by atoms with Crippen LogP contribution in [0.25, 0.3) is 0 Å². The molecule has 0 aliphatic heterocycles. The summed E-state index contributed by atoms with van der Waals surface area (Å²) in [5.41, 5.74) is 9.47. The predicted octanol–water partition coefficient (Wildman–Crippen LogP) is -0.250. The molecule has 0 saturated carbocycles. The maximum Gasteiger partial charge on any atom is 0.503 e. The van der Waals surface area contributed by atoms with Crippen LogP contribution in [0.2, 0.25) is 0 Å². The van der Waals surface area contributed by atoms with Crippen LogP contribution in [0, 0.1) is 0 Å². The van der Waals surface area contributed by atoms with Crippen molar-refractivity contribution < 1.29 is 24.9 Å². The highest BCUT2D eigenvalue weighted by Crippen LogP contribution is 2.07. The third-order valence-electron chi connectivity index (χ3n) is 1.39. The molecule has 84 valence electrons. The first-order valence-corrected chi connectivity index (χ1v) is 3.88. The van der Waals surface area contributed by atoms with Gasteiger partial charge in [-0.2, -0.15) is 0 Å². The molecule has 0 aromatic heterocycles. The average Bonchev–Trinajstić information content (AvgIpc) is 1.99. The zero-order valence-corrected chi connectivity index (χ0v) is 7.93. The Bertz CT molecular complexity index is 189. The van der Waals surface area contributed by atoms with Gasteiger partial charge in [-0.1, -0.05) is 0 Å². The van der Waals surface area contributed by atoms with E-state index in [-0.39, 0.29) is 0 Å². The van der Waals surface area contributed by atoms with Gasteiger partial charge in [0.05, 0.1) is 0 Å². The molecule has 0 aromatic carbocycles. The molecule has 7 nitrogen and oxygen atoms in total. The zero-order valence-electron chi connectivity index (χ0n) is 7.93. The molecule has 0 fully saturated rings. The monoisotopic (exact) mass is 208 g/mol. The minimum absolute atomic E-state index is 0.429. The fourth-order valence-corrected chi connectivity index (χ4v) is 0.576. The second kappa shape index (κ2) is 7.10. The molecular weight excluding hydrogens is 192 g/mol. The molecule has 0 amide bonds. The zero-order chi connectivity index (χ0) is 11.8. The van der Waals surface area contributed by atoms with E-state index in [0.717, 1.165) is 0 Å². The molecule has 0 saturated heterocycles. The first kappa shape index (κ1) is 15.1. The summed E-state index contributed by atoms with van der Waals surface area (Å²) in [6, 6.07) is 0. The van der Waals surface area contributed by atoms with Crippen molar-refractivity contribution in [3.05, 3.63) is 0 Å². The molecule has 14 heavy (non-hydrogen) atoms. The first-order chi connectivity index (χ1) is 6.24. The van der Waals surface area contributed by atoms with Crippen molar-refractivity contribution in [3.63, 3.8) is 0 Å². The summed E-state index contributed by atoms with van der Waals surface area (Å²) in [5, 5.41) is 22.4. The maximum absolute atomic E-state index is 10.4. The molecule has 0 unspecified atom stereocenters. The highest BCUT2D eigenvalue weighted by Gasteiger charge is 2.26. The van der Waals surface area contributed by atoms with E-state index >= 15 is 0 Å². The topological polar surface area (TPSA) is 147 Å². The number of hydrogen-bond donors (Lipinski definition) is 5. The van der Waals surface area contributed by atoms with Gasteiger partial charge in [-0.15, -0.1) is 0 Å². The molecule has 0 heterocycles. The van der Waals surface area contributed by atoms with Crippen LogP contribution in [0.5, 0.6) is 0 Å². The predicted molar refractivity (Wildman–Crippen MR) is 49.2 cm³/mol. The van der Waals surface area contributed by atoms with Crippen molar-refractivity contribution in [1.29, 1.82) is 0 Å². The Kier molecular flexibility index (Phi) is 7.68. The van der Waals surface area contributed by atoms with E-state index in [1.165, 1.54) is 6.92 Å². The number of hydrogen-bond acceptors (Lipinski definition) is 4. The summed E-state index contributed by atoms with van der Waals surface area (Å²) in [6.07, 6.45) is -0.752. The second-order valence-corrected chi connectivity index (χ2v) is 2.90. The lowest BCUT2D eigenvalue weighted by Gasteiger charge is -2.17. The van der Waals surface area contributed by atoms with Crippen LogP contribution >= 0.6 is 0 Å². The molecule has 0 spiro atoms. The smallest absolute Gasteiger partial charge is 0.480 e. The van der Waals surface area contributed by atoms with Crippen molar-refractivity contribution >= 4 is 12.1 Å². The lowest BCUT2D eigenvalue weighted by molar-refractivity contribution is -0.142. The van der Waals surface area contributed by atoms with Gasteiger partial charge >= 0.3 is 12.1 Å². The molecule has 0 aliphatic carbocycles. The third kappa shape index (κ3) is 10.7. The van der Waals surface area contributed by atoms with E-state index in [0.29, 0.717) is 19.4 Å². The average molecular weight is 208 g/mol. The van der Waals surface area contributed by atoms with Crippen LogP contribution in [-0.2, 0) is 4.79 Å². The minimum atomic E-state index is -1.83. The van der Waals surface area contributed by atoms with Gasteiger partial charge in [-0.3, -0.25) is 4.79 Å². The van der Waals surface area contributed by atoms with Crippen molar-refractivity contribution in [1.82, 2.24) is 0 Å². The molecular formula is C7H16N2O5. The van der Waals surface area contributed by atoms with Gasteiger partial charge in [0.1, 0.15) is 5.54 Å². The number of carbonyl (C=O) groups is 2. The summed E-state index contributed by atoms with van der Waals surface area (Å²) < 4.78 is 0. The second-order valence-electron chi connectivity index (χ2n) is 2.90. The molecule has 0 rings (SSSR count). The SMILES string of the molecule is C[C@](N)(CCCN)C(=O)O.O=C(O)O. The van der Waals surface area contributed by atoms with E-state index in [4.69, 9.17) is 31.6 Å². The number of carboxylic acid groups (broad SMARTS) is 3. The normalized spacial score (nSPS) is 13.4. The Morgan fingerprint density at radius 2 is 1.64 bits per heavy atom. The summed E-state index contributed by atoms with van der Waals surface area (Å²) in [5.74, 6) is -0.971. The molecule has 0 aromatic rings. The quantitative estimate of drug-likeness (QED) is 0.428. The van der Waals surface area contributed by atoms with E-state index in [9.17, 15) is 4.79 Å². The summed E-state index contributed by atoms with van der Waals surface area (Å²) in [6.45, 7) is 1.98. The van der Waals surface area contributed by atoms with Gasteiger partial charge in [0.2, 0.25) is 0 Å². The maximum atomic E-state index is 10.4. The summed E-state index contributed by atoms with van der Waals surface area (Å²) in [7, 11) is 0. The van der Waals surface area contributed by atoms with Gasteiger partial charge in [-0.25, -0.2) is 4.79 Å². The Morgan fingerprint density at radius 3 is 1.86 bits per heavy atom.